The average molecular weight is 148 g/mol. The Morgan fingerprint density at radius 3 is 2.82 bits per heavy atom. The Morgan fingerprint density at radius 2 is 2.00 bits per heavy atom. The van der Waals surface area contributed by atoms with Crippen molar-refractivity contribution in [3.05, 3.63) is 12.7 Å². The molecular formula is C5H4N6. The van der Waals surface area contributed by atoms with Gasteiger partial charge in [-0.15, -0.1) is 10.2 Å². The molecule has 0 fully saturated rings. The molecule has 2 heterocycles. The molecule has 0 radical (unpaired) electrons. The van der Waals surface area contributed by atoms with Gasteiger partial charge in [0, 0.05) is 0 Å². The lowest BCUT2D eigenvalue weighted by Gasteiger charge is -1.93. The number of rotatable bonds is 0. The van der Waals surface area contributed by atoms with Crippen LogP contribution >= 0.6 is 0 Å². The maximum Gasteiger partial charge on any atom is 0.205 e. The van der Waals surface area contributed by atoms with Gasteiger partial charge in [-0.25, -0.2) is 15.0 Å². The zero-order chi connectivity index (χ0) is 7.68. The summed E-state index contributed by atoms with van der Waals surface area (Å²) in [4.78, 5) is 11.4. The van der Waals surface area contributed by atoms with Gasteiger partial charge in [-0.1, -0.05) is 0 Å². The second kappa shape index (κ2) is 2.08. The Bertz CT molecular complexity index is 380. The van der Waals surface area contributed by atoms with Crippen LogP contribution in [0.1, 0.15) is 0 Å². The van der Waals surface area contributed by atoms with Crippen molar-refractivity contribution in [2.75, 3.05) is 5.73 Å². The largest absolute Gasteiger partial charge is 0.382 e. The van der Waals surface area contributed by atoms with E-state index >= 15 is 0 Å². The lowest BCUT2D eigenvalue weighted by molar-refractivity contribution is 0.991. The summed E-state index contributed by atoms with van der Waals surface area (Å²) in [5.41, 5.74) is 6.38. The minimum absolute atomic E-state index is 0.324. The van der Waals surface area contributed by atoms with Crippen LogP contribution in [0.4, 0.5) is 5.82 Å². The SMILES string of the molecule is Nc1ncnc2nncnc12. The number of fused-ring (bicyclic) bond motifs is 1. The molecule has 0 bridgehead atoms. The Morgan fingerprint density at radius 1 is 1.09 bits per heavy atom. The van der Waals surface area contributed by atoms with E-state index in [4.69, 9.17) is 5.73 Å². The summed E-state index contributed by atoms with van der Waals surface area (Å²) in [5.74, 6) is 0.324. The summed E-state index contributed by atoms with van der Waals surface area (Å²) in [6.07, 6.45) is 2.64. The number of nitrogen functional groups attached to an aromatic ring is 1. The van der Waals surface area contributed by atoms with E-state index in [-0.39, 0.29) is 0 Å². The molecule has 2 aromatic rings. The number of hydrogen-bond donors (Lipinski definition) is 1. The van der Waals surface area contributed by atoms with Crippen LogP contribution < -0.4 is 5.73 Å². The van der Waals surface area contributed by atoms with Crippen molar-refractivity contribution < 1.29 is 0 Å². The van der Waals surface area contributed by atoms with Crippen molar-refractivity contribution >= 4 is 17.0 Å². The van der Waals surface area contributed by atoms with Crippen LogP contribution in [-0.2, 0) is 0 Å². The van der Waals surface area contributed by atoms with E-state index in [9.17, 15) is 0 Å². The molecule has 0 aromatic carbocycles. The third-order valence-corrected chi connectivity index (χ3v) is 1.22. The van der Waals surface area contributed by atoms with Gasteiger partial charge < -0.3 is 5.73 Å². The summed E-state index contributed by atoms with van der Waals surface area (Å²) in [7, 11) is 0. The van der Waals surface area contributed by atoms with Crippen LogP contribution in [0.5, 0.6) is 0 Å². The van der Waals surface area contributed by atoms with E-state index in [0.717, 1.165) is 0 Å². The quantitative estimate of drug-likeness (QED) is 0.536. The van der Waals surface area contributed by atoms with Gasteiger partial charge in [0.05, 0.1) is 0 Å². The van der Waals surface area contributed by atoms with E-state index in [2.05, 4.69) is 25.1 Å². The predicted molar refractivity (Wildman–Crippen MR) is 37.3 cm³/mol. The number of nitrogens with two attached hydrogens (primary N) is 1. The van der Waals surface area contributed by atoms with Crippen molar-refractivity contribution in [3.63, 3.8) is 0 Å². The van der Waals surface area contributed by atoms with Crippen LogP contribution in [0.3, 0.4) is 0 Å². The highest BCUT2D eigenvalue weighted by Gasteiger charge is 1.99. The molecule has 0 aliphatic heterocycles. The lowest BCUT2D eigenvalue weighted by Crippen LogP contribution is -1.97. The molecule has 0 aliphatic rings. The molecule has 0 atom stereocenters. The van der Waals surface area contributed by atoms with Gasteiger partial charge in [0.2, 0.25) is 5.65 Å². The van der Waals surface area contributed by atoms with Crippen LogP contribution in [0.2, 0.25) is 0 Å². The molecule has 2 aromatic heterocycles. The van der Waals surface area contributed by atoms with Crippen molar-refractivity contribution in [2.24, 2.45) is 0 Å². The molecule has 11 heavy (non-hydrogen) atoms. The average Bonchev–Trinajstić information content (AvgIpc) is 2.06. The van der Waals surface area contributed by atoms with Crippen molar-refractivity contribution in [1.29, 1.82) is 0 Å². The van der Waals surface area contributed by atoms with E-state index in [1.807, 2.05) is 0 Å². The maximum atomic E-state index is 5.47. The van der Waals surface area contributed by atoms with Gasteiger partial charge in [-0.05, 0) is 0 Å². The minimum Gasteiger partial charge on any atom is -0.382 e. The van der Waals surface area contributed by atoms with Crippen LogP contribution in [0.15, 0.2) is 12.7 Å². The summed E-state index contributed by atoms with van der Waals surface area (Å²) < 4.78 is 0. The van der Waals surface area contributed by atoms with E-state index in [0.29, 0.717) is 17.0 Å². The molecule has 0 aliphatic carbocycles. The highest BCUT2D eigenvalue weighted by Crippen LogP contribution is 2.07. The van der Waals surface area contributed by atoms with Gasteiger partial charge in [0.15, 0.2) is 11.3 Å². The number of anilines is 1. The standard InChI is InChI=1S/C5H4N6/c6-4-3-5(9-1-8-4)11-10-2-7-3/h1-2H,(H2,6,8,9,11). The van der Waals surface area contributed by atoms with Crippen molar-refractivity contribution in [1.82, 2.24) is 25.1 Å². The maximum absolute atomic E-state index is 5.47. The fraction of sp³-hybridized carbons (Fsp3) is 0. The Hall–Kier alpha value is -1.85. The van der Waals surface area contributed by atoms with Crippen LogP contribution in [-0.4, -0.2) is 25.1 Å². The first kappa shape index (κ1) is 5.90. The predicted octanol–water partition coefficient (Wildman–Crippen LogP) is -0.603. The zero-order valence-electron chi connectivity index (χ0n) is 5.47. The molecule has 0 spiro atoms. The lowest BCUT2D eigenvalue weighted by atomic mass is 10.5. The molecule has 2 N–H and O–H groups in total. The van der Waals surface area contributed by atoms with Gasteiger partial charge >= 0.3 is 0 Å². The first-order valence-electron chi connectivity index (χ1n) is 2.92. The Kier molecular flexibility index (Phi) is 1.12. The summed E-state index contributed by atoms with van der Waals surface area (Å²) in [6, 6.07) is 0. The second-order valence-electron chi connectivity index (χ2n) is 1.89. The summed E-state index contributed by atoms with van der Waals surface area (Å²) >= 11 is 0. The second-order valence-corrected chi connectivity index (χ2v) is 1.89. The first-order chi connectivity index (χ1) is 5.38. The molecule has 6 nitrogen and oxygen atoms in total. The van der Waals surface area contributed by atoms with Gasteiger partial charge in [-0.3, -0.25) is 0 Å². The molecule has 54 valence electrons. The Labute approximate surface area is 61.5 Å². The summed E-state index contributed by atoms with van der Waals surface area (Å²) in [5, 5.41) is 7.25. The van der Waals surface area contributed by atoms with E-state index in [1.165, 1.54) is 12.7 Å². The third kappa shape index (κ3) is 0.841. The smallest absolute Gasteiger partial charge is 0.205 e. The van der Waals surface area contributed by atoms with E-state index in [1.54, 1.807) is 0 Å². The molecule has 0 amide bonds. The van der Waals surface area contributed by atoms with Gasteiger partial charge in [-0.2, -0.15) is 0 Å². The fourth-order valence-electron chi connectivity index (χ4n) is 0.744. The Balaban J connectivity index is 2.91. The molecule has 0 saturated carbocycles. The fourth-order valence-corrected chi connectivity index (χ4v) is 0.744. The molecule has 2 rings (SSSR count). The van der Waals surface area contributed by atoms with Crippen molar-refractivity contribution in [3.8, 4) is 0 Å². The number of aromatic nitrogens is 5. The summed E-state index contributed by atoms with van der Waals surface area (Å²) in [6.45, 7) is 0. The molecular weight excluding hydrogens is 144 g/mol. The zero-order valence-corrected chi connectivity index (χ0v) is 5.47. The van der Waals surface area contributed by atoms with Crippen molar-refractivity contribution in [2.45, 2.75) is 0 Å². The van der Waals surface area contributed by atoms with Gasteiger partial charge in [0.1, 0.15) is 12.7 Å². The van der Waals surface area contributed by atoms with E-state index < -0.39 is 0 Å². The number of hydrogen-bond acceptors (Lipinski definition) is 6. The molecule has 0 saturated heterocycles. The van der Waals surface area contributed by atoms with Crippen LogP contribution in [0.25, 0.3) is 11.2 Å². The normalized spacial score (nSPS) is 10.2. The molecule has 0 unspecified atom stereocenters. The topological polar surface area (TPSA) is 90.5 Å². The highest BCUT2D eigenvalue weighted by molar-refractivity contribution is 5.79. The first-order valence-corrected chi connectivity index (χ1v) is 2.92. The number of nitrogens with zero attached hydrogens (tertiary/aromatic N) is 5. The molecule has 6 heteroatoms. The highest BCUT2D eigenvalue weighted by atomic mass is 15.2. The van der Waals surface area contributed by atoms with Gasteiger partial charge in [0.25, 0.3) is 0 Å². The van der Waals surface area contributed by atoms with Crippen LogP contribution in [0, 0.1) is 0 Å². The minimum atomic E-state index is 0.324. The third-order valence-electron chi connectivity index (χ3n) is 1.22. The monoisotopic (exact) mass is 148 g/mol.